The molecule has 0 unspecified atom stereocenters. The van der Waals surface area contributed by atoms with Crippen LogP contribution in [0.5, 0.6) is 5.75 Å². The van der Waals surface area contributed by atoms with Gasteiger partial charge in [-0.3, -0.25) is 9.97 Å². The quantitative estimate of drug-likeness (QED) is 0.486. The summed E-state index contributed by atoms with van der Waals surface area (Å²) in [6, 6.07) is 13.1. The van der Waals surface area contributed by atoms with Gasteiger partial charge in [-0.2, -0.15) is 0 Å². The maximum absolute atomic E-state index is 15.0. The van der Waals surface area contributed by atoms with Crippen LogP contribution < -0.4 is 4.74 Å². The van der Waals surface area contributed by atoms with Crippen molar-refractivity contribution in [2.24, 2.45) is 0 Å². The molecule has 5 rings (SSSR count). The number of hydrogen-bond donors (Lipinski definition) is 1. The van der Waals surface area contributed by atoms with Crippen LogP contribution in [0.1, 0.15) is 0 Å². The van der Waals surface area contributed by atoms with Gasteiger partial charge in [0.2, 0.25) is 0 Å². The molecule has 0 aliphatic rings. The molecule has 5 nitrogen and oxygen atoms in total. The zero-order chi connectivity index (χ0) is 19.1. The van der Waals surface area contributed by atoms with E-state index in [1.807, 2.05) is 42.5 Å². The van der Waals surface area contributed by atoms with Gasteiger partial charge in [0.1, 0.15) is 17.2 Å². The number of hydrogen-bond acceptors (Lipinski definition) is 4. The number of methoxy groups -OCH3 is 1. The average Bonchev–Trinajstić information content (AvgIpc) is 3.12. The Kier molecular flexibility index (Phi) is 3.76. The van der Waals surface area contributed by atoms with Crippen LogP contribution in [0.2, 0.25) is 0 Å². The van der Waals surface area contributed by atoms with Gasteiger partial charge in [-0.05, 0) is 24.3 Å². The van der Waals surface area contributed by atoms with Gasteiger partial charge in [0.15, 0.2) is 0 Å². The van der Waals surface area contributed by atoms with Gasteiger partial charge < -0.3 is 9.72 Å². The number of pyridine rings is 3. The zero-order valence-corrected chi connectivity index (χ0v) is 15.0. The third kappa shape index (κ3) is 2.50. The predicted octanol–water partition coefficient (Wildman–Crippen LogP) is 4.99. The normalized spacial score (nSPS) is 11.2. The lowest BCUT2D eigenvalue weighted by Gasteiger charge is -2.10. The lowest BCUT2D eigenvalue weighted by atomic mass is 9.99. The van der Waals surface area contributed by atoms with E-state index < -0.39 is 5.82 Å². The second kappa shape index (κ2) is 6.42. The van der Waals surface area contributed by atoms with Crippen LogP contribution in [0.15, 0.2) is 67.3 Å². The number of aromatic amines is 1. The Labute approximate surface area is 159 Å². The van der Waals surface area contributed by atoms with E-state index in [0.717, 1.165) is 22.2 Å². The molecule has 0 fully saturated rings. The molecule has 1 N–H and O–H groups in total. The van der Waals surface area contributed by atoms with Crippen LogP contribution >= 0.6 is 0 Å². The summed E-state index contributed by atoms with van der Waals surface area (Å²) in [6.45, 7) is 0. The molecule has 1 aromatic carbocycles. The Morgan fingerprint density at radius 2 is 1.89 bits per heavy atom. The van der Waals surface area contributed by atoms with Gasteiger partial charge in [-0.15, -0.1) is 0 Å². The highest BCUT2D eigenvalue weighted by Gasteiger charge is 2.19. The van der Waals surface area contributed by atoms with E-state index in [9.17, 15) is 4.39 Å². The van der Waals surface area contributed by atoms with Gasteiger partial charge in [0.05, 0.1) is 30.7 Å². The molecule has 0 saturated carbocycles. The minimum absolute atomic E-state index is 0.405. The van der Waals surface area contributed by atoms with Crippen molar-refractivity contribution < 1.29 is 9.13 Å². The van der Waals surface area contributed by atoms with Gasteiger partial charge in [-0.25, -0.2) is 9.37 Å². The number of halogens is 1. The Hall–Kier alpha value is -3.80. The summed E-state index contributed by atoms with van der Waals surface area (Å²) in [5.41, 5.74) is 4.17. The Morgan fingerprint density at radius 1 is 1.00 bits per heavy atom. The van der Waals surface area contributed by atoms with Crippen LogP contribution in [-0.2, 0) is 0 Å². The van der Waals surface area contributed by atoms with Gasteiger partial charge in [0.25, 0.3) is 0 Å². The standard InChI is InChI=1S/C22H15FN4O/c1-28-19-7-3-2-6-14(19)20-16(23)11-26-22-21(20)15-9-17(25-12-18(15)27-22)13-5-4-8-24-10-13/h2-12H,1H3,(H,26,27). The first kappa shape index (κ1) is 16.4. The molecule has 4 heterocycles. The van der Waals surface area contributed by atoms with Crippen LogP contribution in [0.4, 0.5) is 4.39 Å². The fraction of sp³-hybridized carbons (Fsp3) is 0.0455. The number of para-hydroxylation sites is 1. The Bertz CT molecular complexity index is 1310. The fourth-order valence-electron chi connectivity index (χ4n) is 3.52. The summed E-state index contributed by atoms with van der Waals surface area (Å²) in [5, 5.41) is 1.55. The highest BCUT2D eigenvalue weighted by atomic mass is 19.1. The third-order valence-corrected chi connectivity index (χ3v) is 4.79. The monoisotopic (exact) mass is 370 g/mol. The van der Waals surface area contributed by atoms with Crippen molar-refractivity contribution in [3.05, 3.63) is 73.1 Å². The average molecular weight is 370 g/mol. The number of rotatable bonds is 3. The van der Waals surface area contributed by atoms with Crippen molar-refractivity contribution in [1.29, 1.82) is 0 Å². The molecule has 0 spiro atoms. The topological polar surface area (TPSA) is 63.7 Å². The Morgan fingerprint density at radius 3 is 2.71 bits per heavy atom. The number of benzene rings is 1. The van der Waals surface area contributed by atoms with Crippen molar-refractivity contribution >= 4 is 21.9 Å². The molecule has 5 aromatic rings. The van der Waals surface area contributed by atoms with Gasteiger partial charge in [-0.1, -0.05) is 18.2 Å². The number of H-pyrrole nitrogens is 1. The van der Waals surface area contributed by atoms with Crippen LogP contribution in [0.3, 0.4) is 0 Å². The van der Waals surface area contributed by atoms with Crippen LogP contribution in [0, 0.1) is 5.82 Å². The number of nitrogens with one attached hydrogen (secondary N) is 1. The minimum atomic E-state index is -0.405. The minimum Gasteiger partial charge on any atom is -0.496 e. The van der Waals surface area contributed by atoms with E-state index in [2.05, 4.69) is 19.9 Å². The molecule has 0 aliphatic heterocycles. The first-order valence-electron chi connectivity index (χ1n) is 8.76. The second-order valence-corrected chi connectivity index (χ2v) is 6.39. The molecule has 28 heavy (non-hydrogen) atoms. The van der Waals surface area contributed by atoms with E-state index in [1.165, 1.54) is 6.20 Å². The van der Waals surface area contributed by atoms with Crippen molar-refractivity contribution in [3.8, 4) is 28.1 Å². The molecule has 0 aliphatic carbocycles. The van der Waals surface area contributed by atoms with Crippen LogP contribution in [-0.4, -0.2) is 27.0 Å². The summed E-state index contributed by atoms with van der Waals surface area (Å²) >= 11 is 0. The summed E-state index contributed by atoms with van der Waals surface area (Å²) < 4.78 is 20.5. The van der Waals surface area contributed by atoms with Crippen LogP contribution in [0.25, 0.3) is 44.3 Å². The van der Waals surface area contributed by atoms with E-state index in [0.29, 0.717) is 27.9 Å². The summed E-state index contributed by atoms with van der Waals surface area (Å²) in [5.74, 6) is 0.197. The van der Waals surface area contributed by atoms with Gasteiger partial charge in [0, 0.05) is 39.9 Å². The first-order valence-corrected chi connectivity index (χ1v) is 8.76. The largest absolute Gasteiger partial charge is 0.496 e. The van der Waals surface area contributed by atoms with E-state index in [-0.39, 0.29) is 0 Å². The SMILES string of the molecule is COc1ccccc1-c1c(F)cnc2[nH]c3cnc(-c4cccnc4)cc3c12. The number of fused-ring (bicyclic) bond motifs is 3. The predicted molar refractivity (Wildman–Crippen MR) is 107 cm³/mol. The molecule has 4 aromatic heterocycles. The van der Waals surface area contributed by atoms with E-state index >= 15 is 0 Å². The number of aromatic nitrogens is 4. The third-order valence-electron chi connectivity index (χ3n) is 4.79. The van der Waals surface area contributed by atoms with Crippen molar-refractivity contribution in [3.63, 3.8) is 0 Å². The number of nitrogens with zero attached hydrogens (tertiary/aromatic N) is 3. The van der Waals surface area contributed by atoms with Gasteiger partial charge >= 0.3 is 0 Å². The summed E-state index contributed by atoms with van der Waals surface area (Å²) in [4.78, 5) is 16.2. The molecular formula is C22H15FN4O. The maximum atomic E-state index is 15.0. The summed E-state index contributed by atoms with van der Waals surface area (Å²) in [7, 11) is 1.58. The fourth-order valence-corrected chi connectivity index (χ4v) is 3.52. The first-order chi connectivity index (χ1) is 13.8. The molecule has 136 valence electrons. The lowest BCUT2D eigenvalue weighted by Crippen LogP contribution is -1.93. The molecule has 0 saturated heterocycles. The summed E-state index contributed by atoms with van der Waals surface area (Å²) in [6.07, 6.45) is 6.44. The van der Waals surface area contributed by atoms with Crippen molar-refractivity contribution in [2.45, 2.75) is 0 Å². The number of ether oxygens (including phenoxy) is 1. The molecular weight excluding hydrogens is 355 g/mol. The zero-order valence-electron chi connectivity index (χ0n) is 15.0. The molecule has 0 amide bonds. The van der Waals surface area contributed by atoms with Crippen molar-refractivity contribution in [1.82, 2.24) is 19.9 Å². The Balaban J connectivity index is 1.86. The van der Waals surface area contributed by atoms with Crippen molar-refractivity contribution in [2.75, 3.05) is 7.11 Å². The lowest BCUT2D eigenvalue weighted by molar-refractivity contribution is 0.416. The van der Waals surface area contributed by atoms with E-state index in [4.69, 9.17) is 4.74 Å². The highest BCUT2D eigenvalue weighted by Crippen LogP contribution is 2.39. The smallest absolute Gasteiger partial charge is 0.150 e. The molecule has 0 bridgehead atoms. The highest BCUT2D eigenvalue weighted by molar-refractivity contribution is 6.14. The second-order valence-electron chi connectivity index (χ2n) is 6.39. The molecule has 0 radical (unpaired) electrons. The van der Waals surface area contributed by atoms with E-state index in [1.54, 1.807) is 25.7 Å². The molecule has 6 heteroatoms. The maximum Gasteiger partial charge on any atom is 0.150 e. The molecule has 0 atom stereocenters.